The largest absolute Gasteiger partial charge is 0.399 e. The number of primary sulfonamides is 1. The lowest BCUT2D eigenvalue weighted by Crippen LogP contribution is -2.27. The molecular weight excluding hydrogens is 266 g/mol. The fraction of sp³-hybridized carbons (Fsp3) is 0.500. The molecule has 108 valence electrons. The number of hydrogen-bond acceptors (Lipinski definition) is 5. The monoisotopic (exact) mass is 287 g/mol. The van der Waals surface area contributed by atoms with Gasteiger partial charge < -0.3 is 16.2 Å². The third-order valence-corrected chi connectivity index (χ3v) is 3.75. The van der Waals surface area contributed by atoms with Gasteiger partial charge in [0.05, 0.1) is 4.90 Å². The van der Waals surface area contributed by atoms with Crippen molar-refractivity contribution in [3.8, 4) is 0 Å². The standard InChI is InChI=1S/C12H21N3O3S/c1-8(2)12(3-4-16)15-10-5-9(13)6-11(7-10)19(14,17)18/h5-8,12,15-16H,3-4,13H2,1-2H3,(H2,14,17,18). The fourth-order valence-electron chi connectivity index (χ4n) is 1.80. The third-order valence-electron chi connectivity index (χ3n) is 2.85. The van der Waals surface area contributed by atoms with E-state index < -0.39 is 10.0 Å². The highest BCUT2D eigenvalue weighted by Crippen LogP contribution is 2.22. The Morgan fingerprint density at radius 2 is 1.95 bits per heavy atom. The van der Waals surface area contributed by atoms with E-state index in [9.17, 15) is 8.42 Å². The Bertz CT molecular complexity index is 529. The highest BCUT2D eigenvalue weighted by atomic mass is 32.2. The predicted octanol–water partition coefficient (Wildman–Crippen LogP) is 0.735. The first-order chi connectivity index (χ1) is 8.74. The van der Waals surface area contributed by atoms with Gasteiger partial charge in [0, 0.05) is 24.0 Å². The van der Waals surface area contributed by atoms with Crippen molar-refractivity contribution < 1.29 is 13.5 Å². The van der Waals surface area contributed by atoms with Gasteiger partial charge in [-0.15, -0.1) is 0 Å². The van der Waals surface area contributed by atoms with Gasteiger partial charge in [-0.05, 0) is 30.5 Å². The number of nitrogens with two attached hydrogens (primary N) is 2. The molecule has 0 heterocycles. The van der Waals surface area contributed by atoms with Crippen LogP contribution in [0.5, 0.6) is 0 Å². The van der Waals surface area contributed by atoms with E-state index in [2.05, 4.69) is 5.32 Å². The molecule has 0 bridgehead atoms. The summed E-state index contributed by atoms with van der Waals surface area (Å²) < 4.78 is 22.7. The molecule has 0 amide bonds. The van der Waals surface area contributed by atoms with E-state index in [1.54, 1.807) is 6.07 Å². The first-order valence-corrected chi connectivity index (χ1v) is 7.59. The van der Waals surface area contributed by atoms with Crippen molar-refractivity contribution in [1.29, 1.82) is 0 Å². The number of aliphatic hydroxyl groups is 1. The normalized spacial score (nSPS) is 13.5. The number of benzene rings is 1. The molecule has 1 atom stereocenters. The Labute approximate surface area is 113 Å². The molecule has 6 N–H and O–H groups in total. The number of nitrogen functional groups attached to an aromatic ring is 1. The molecule has 0 aliphatic rings. The molecular formula is C12H21N3O3S. The highest BCUT2D eigenvalue weighted by molar-refractivity contribution is 7.89. The fourth-order valence-corrected chi connectivity index (χ4v) is 2.39. The van der Waals surface area contributed by atoms with E-state index in [0.717, 1.165) is 0 Å². The van der Waals surface area contributed by atoms with E-state index in [1.807, 2.05) is 13.8 Å². The second-order valence-electron chi connectivity index (χ2n) is 4.84. The number of anilines is 2. The quantitative estimate of drug-likeness (QED) is 0.575. The average molecular weight is 287 g/mol. The van der Waals surface area contributed by atoms with Crippen LogP contribution in [0.1, 0.15) is 20.3 Å². The summed E-state index contributed by atoms with van der Waals surface area (Å²) in [7, 11) is -3.79. The summed E-state index contributed by atoms with van der Waals surface area (Å²) in [5.41, 5.74) is 6.57. The average Bonchev–Trinajstić information content (AvgIpc) is 2.26. The number of nitrogens with one attached hydrogen (secondary N) is 1. The first kappa shape index (κ1) is 15.7. The molecule has 1 aromatic carbocycles. The number of aliphatic hydroxyl groups excluding tert-OH is 1. The molecule has 19 heavy (non-hydrogen) atoms. The Morgan fingerprint density at radius 3 is 2.42 bits per heavy atom. The molecule has 1 aromatic rings. The summed E-state index contributed by atoms with van der Waals surface area (Å²) in [5, 5.41) is 17.3. The maximum atomic E-state index is 11.3. The second kappa shape index (κ2) is 6.23. The minimum atomic E-state index is -3.79. The van der Waals surface area contributed by atoms with Gasteiger partial charge in [-0.2, -0.15) is 0 Å². The maximum Gasteiger partial charge on any atom is 0.238 e. The van der Waals surface area contributed by atoms with Gasteiger partial charge in [-0.3, -0.25) is 0 Å². The Balaban J connectivity index is 3.04. The van der Waals surface area contributed by atoms with Gasteiger partial charge in [0.15, 0.2) is 0 Å². The van der Waals surface area contributed by atoms with Crippen LogP contribution in [-0.2, 0) is 10.0 Å². The van der Waals surface area contributed by atoms with E-state index in [4.69, 9.17) is 16.0 Å². The number of hydrogen-bond donors (Lipinski definition) is 4. The summed E-state index contributed by atoms with van der Waals surface area (Å²) in [5.74, 6) is 0.284. The second-order valence-corrected chi connectivity index (χ2v) is 6.40. The van der Waals surface area contributed by atoms with Crippen LogP contribution < -0.4 is 16.2 Å². The van der Waals surface area contributed by atoms with E-state index in [-0.39, 0.29) is 23.5 Å². The molecule has 0 fully saturated rings. The molecule has 1 rings (SSSR count). The lowest BCUT2D eigenvalue weighted by atomic mass is 10.0. The van der Waals surface area contributed by atoms with E-state index >= 15 is 0 Å². The lowest BCUT2D eigenvalue weighted by Gasteiger charge is -2.23. The highest BCUT2D eigenvalue weighted by Gasteiger charge is 2.15. The molecule has 0 saturated carbocycles. The topological polar surface area (TPSA) is 118 Å². The van der Waals surface area contributed by atoms with Crippen molar-refractivity contribution in [2.24, 2.45) is 11.1 Å². The van der Waals surface area contributed by atoms with Crippen molar-refractivity contribution in [3.63, 3.8) is 0 Å². The molecule has 0 aliphatic heterocycles. The zero-order valence-corrected chi connectivity index (χ0v) is 11.9. The SMILES string of the molecule is CC(C)C(CCO)Nc1cc(N)cc(S(N)(=O)=O)c1. The van der Waals surface area contributed by atoms with Gasteiger partial charge in [0.1, 0.15) is 0 Å². The van der Waals surface area contributed by atoms with Gasteiger partial charge in [0.25, 0.3) is 0 Å². The van der Waals surface area contributed by atoms with Crippen LogP contribution in [0.15, 0.2) is 23.1 Å². The number of rotatable bonds is 6. The van der Waals surface area contributed by atoms with Crippen LogP contribution in [0.3, 0.4) is 0 Å². The van der Waals surface area contributed by atoms with Crippen molar-refractivity contribution in [1.82, 2.24) is 0 Å². The molecule has 0 aromatic heterocycles. The van der Waals surface area contributed by atoms with Gasteiger partial charge in [-0.1, -0.05) is 13.8 Å². The Kier molecular flexibility index (Phi) is 5.16. The van der Waals surface area contributed by atoms with Crippen LogP contribution in [0.4, 0.5) is 11.4 Å². The summed E-state index contributed by atoms with van der Waals surface area (Å²) in [6.07, 6.45) is 0.567. The van der Waals surface area contributed by atoms with Crippen molar-refractivity contribution >= 4 is 21.4 Å². The summed E-state index contributed by atoms with van der Waals surface area (Å²) >= 11 is 0. The molecule has 0 radical (unpaired) electrons. The zero-order chi connectivity index (χ0) is 14.6. The Morgan fingerprint density at radius 1 is 1.32 bits per heavy atom. The summed E-state index contributed by atoms with van der Waals surface area (Å²) in [6, 6.07) is 4.43. The van der Waals surface area contributed by atoms with Crippen molar-refractivity contribution in [2.45, 2.75) is 31.2 Å². The lowest BCUT2D eigenvalue weighted by molar-refractivity contribution is 0.267. The number of sulfonamides is 1. The third kappa shape index (κ3) is 4.70. The molecule has 0 spiro atoms. The Hall–Kier alpha value is -1.31. The van der Waals surface area contributed by atoms with Crippen LogP contribution in [0.25, 0.3) is 0 Å². The smallest absolute Gasteiger partial charge is 0.238 e. The minimum absolute atomic E-state index is 0.0264. The minimum Gasteiger partial charge on any atom is -0.399 e. The van der Waals surface area contributed by atoms with Crippen molar-refractivity contribution in [2.75, 3.05) is 17.7 Å². The van der Waals surface area contributed by atoms with Gasteiger partial charge in [-0.25, -0.2) is 13.6 Å². The zero-order valence-electron chi connectivity index (χ0n) is 11.1. The molecule has 1 unspecified atom stereocenters. The van der Waals surface area contributed by atoms with Crippen LogP contribution in [0.2, 0.25) is 0 Å². The predicted molar refractivity (Wildman–Crippen MR) is 76.2 cm³/mol. The molecule has 0 aliphatic carbocycles. The van der Waals surface area contributed by atoms with E-state index in [1.165, 1.54) is 12.1 Å². The van der Waals surface area contributed by atoms with Crippen LogP contribution in [-0.4, -0.2) is 26.2 Å². The molecule has 7 heteroatoms. The summed E-state index contributed by atoms with van der Waals surface area (Å²) in [4.78, 5) is -0.0264. The van der Waals surface area contributed by atoms with Gasteiger partial charge >= 0.3 is 0 Å². The van der Waals surface area contributed by atoms with Crippen LogP contribution >= 0.6 is 0 Å². The van der Waals surface area contributed by atoms with Gasteiger partial charge in [0.2, 0.25) is 10.0 Å². The first-order valence-electron chi connectivity index (χ1n) is 6.05. The summed E-state index contributed by atoms with van der Waals surface area (Å²) in [6.45, 7) is 4.08. The maximum absolute atomic E-state index is 11.3. The molecule has 6 nitrogen and oxygen atoms in total. The van der Waals surface area contributed by atoms with Crippen molar-refractivity contribution in [3.05, 3.63) is 18.2 Å². The molecule has 0 saturated heterocycles. The van der Waals surface area contributed by atoms with Crippen LogP contribution in [0, 0.1) is 5.92 Å². The van der Waals surface area contributed by atoms with E-state index in [0.29, 0.717) is 17.8 Å².